The quantitative estimate of drug-likeness (QED) is 0.521. The molecule has 0 N–H and O–H groups in total. The molecule has 10 heavy (non-hydrogen) atoms. The van der Waals surface area contributed by atoms with Gasteiger partial charge in [-0.15, -0.1) is 5.73 Å². The molecule has 0 saturated heterocycles. The van der Waals surface area contributed by atoms with Crippen molar-refractivity contribution < 1.29 is 0 Å². The van der Waals surface area contributed by atoms with E-state index in [0.717, 1.165) is 5.92 Å². The summed E-state index contributed by atoms with van der Waals surface area (Å²) in [5.74, 6) is 0.725. The summed E-state index contributed by atoms with van der Waals surface area (Å²) in [6, 6.07) is 0. The van der Waals surface area contributed by atoms with Crippen LogP contribution in [0.5, 0.6) is 0 Å². The predicted molar refractivity (Wildman–Crippen MR) is 47.0 cm³/mol. The number of allylic oxidation sites excluding steroid dienone is 1. The maximum Gasteiger partial charge on any atom is -0.0133 e. The Morgan fingerprint density at radius 3 is 2.40 bits per heavy atom. The van der Waals surface area contributed by atoms with E-state index in [-0.39, 0.29) is 0 Å². The summed E-state index contributed by atoms with van der Waals surface area (Å²) >= 11 is 0. The molecule has 0 aromatic heterocycles. The van der Waals surface area contributed by atoms with E-state index in [0.29, 0.717) is 0 Å². The molecule has 58 valence electrons. The lowest BCUT2D eigenvalue weighted by Gasteiger charge is -2.11. The fourth-order valence-corrected chi connectivity index (χ4v) is 1.22. The second-order valence-electron chi connectivity index (χ2n) is 2.75. The highest BCUT2D eigenvalue weighted by Gasteiger charge is 2.04. The molecule has 0 aliphatic carbocycles. The molecule has 0 amide bonds. The van der Waals surface area contributed by atoms with Crippen molar-refractivity contribution in [3.05, 3.63) is 17.9 Å². The van der Waals surface area contributed by atoms with Crippen molar-refractivity contribution in [3.8, 4) is 0 Å². The standard InChI is InChI=1S/C10H18/c1-5-8-10(7-3)9(4)6-2/h10H,2,5,7-8H2,1,3-4H3. The molecule has 0 fully saturated rings. The maximum absolute atomic E-state index is 3.65. The zero-order valence-electron chi connectivity index (χ0n) is 7.41. The first-order valence-electron chi connectivity index (χ1n) is 4.12. The molecule has 0 spiro atoms. The minimum absolute atomic E-state index is 0.725. The summed E-state index contributed by atoms with van der Waals surface area (Å²) in [6.07, 6.45) is 3.77. The van der Waals surface area contributed by atoms with E-state index in [2.05, 4.69) is 33.1 Å². The molecule has 0 heteroatoms. The van der Waals surface area contributed by atoms with E-state index >= 15 is 0 Å². The van der Waals surface area contributed by atoms with Crippen molar-refractivity contribution in [1.29, 1.82) is 0 Å². The van der Waals surface area contributed by atoms with Gasteiger partial charge in [0.2, 0.25) is 0 Å². The van der Waals surface area contributed by atoms with Crippen molar-refractivity contribution in [3.63, 3.8) is 0 Å². The Morgan fingerprint density at radius 2 is 2.10 bits per heavy atom. The van der Waals surface area contributed by atoms with Gasteiger partial charge in [-0.25, -0.2) is 0 Å². The average Bonchev–Trinajstić information content (AvgIpc) is 1.99. The van der Waals surface area contributed by atoms with E-state index in [1.165, 1.54) is 24.8 Å². The monoisotopic (exact) mass is 138 g/mol. The Bertz CT molecular complexity index is 127. The first kappa shape index (κ1) is 9.52. The molecule has 0 radical (unpaired) electrons. The molecule has 0 saturated carbocycles. The highest BCUT2D eigenvalue weighted by atomic mass is 14.1. The summed E-state index contributed by atoms with van der Waals surface area (Å²) in [5, 5.41) is 0. The van der Waals surface area contributed by atoms with Gasteiger partial charge in [0.1, 0.15) is 0 Å². The molecule has 0 aliphatic heterocycles. The maximum atomic E-state index is 3.65. The zero-order chi connectivity index (χ0) is 7.98. The highest BCUT2D eigenvalue weighted by Crippen LogP contribution is 2.18. The minimum atomic E-state index is 0.725. The first-order chi connectivity index (χ1) is 4.76. The van der Waals surface area contributed by atoms with Gasteiger partial charge in [0.15, 0.2) is 0 Å². The van der Waals surface area contributed by atoms with Crippen LogP contribution < -0.4 is 0 Å². The van der Waals surface area contributed by atoms with Crippen LogP contribution >= 0.6 is 0 Å². The van der Waals surface area contributed by atoms with E-state index in [1.807, 2.05) is 0 Å². The molecule has 1 unspecified atom stereocenters. The van der Waals surface area contributed by atoms with Gasteiger partial charge in [0, 0.05) is 0 Å². The van der Waals surface area contributed by atoms with Gasteiger partial charge >= 0.3 is 0 Å². The van der Waals surface area contributed by atoms with Gasteiger partial charge in [0.05, 0.1) is 0 Å². The zero-order valence-corrected chi connectivity index (χ0v) is 7.41. The Morgan fingerprint density at radius 1 is 1.50 bits per heavy atom. The van der Waals surface area contributed by atoms with Gasteiger partial charge in [-0.3, -0.25) is 0 Å². The predicted octanol–water partition coefficient (Wildman–Crippen LogP) is 3.54. The Balaban J connectivity index is 3.93. The Kier molecular flexibility index (Phi) is 5.06. The van der Waals surface area contributed by atoms with Crippen LogP contribution in [0.2, 0.25) is 0 Å². The molecule has 0 rings (SSSR count). The van der Waals surface area contributed by atoms with Gasteiger partial charge in [-0.05, 0) is 31.3 Å². The third-order valence-electron chi connectivity index (χ3n) is 2.02. The van der Waals surface area contributed by atoms with Crippen LogP contribution in [0.3, 0.4) is 0 Å². The lowest BCUT2D eigenvalue weighted by atomic mass is 9.94. The molecular weight excluding hydrogens is 120 g/mol. The van der Waals surface area contributed by atoms with E-state index < -0.39 is 0 Å². The number of rotatable bonds is 4. The smallest absolute Gasteiger partial charge is 0.0133 e. The largest absolute Gasteiger partial charge is 0.130 e. The summed E-state index contributed by atoms with van der Waals surface area (Å²) in [5.41, 5.74) is 4.29. The van der Waals surface area contributed by atoms with Crippen molar-refractivity contribution >= 4 is 0 Å². The van der Waals surface area contributed by atoms with Gasteiger partial charge in [-0.2, -0.15) is 0 Å². The van der Waals surface area contributed by atoms with Crippen molar-refractivity contribution in [2.75, 3.05) is 0 Å². The molecule has 0 aromatic rings. The van der Waals surface area contributed by atoms with E-state index in [1.54, 1.807) is 0 Å². The Labute approximate surface area is 64.6 Å². The molecule has 1 atom stereocenters. The highest BCUT2D eigenvalue weighted by molar-refractivity contribution is 4.99. The van der Waals surface area contributed by atoms with Gasteiger partial charge in [0.25, 0.3) is 0 Å². The summed E-state index contributed by atoms with van der Waals surface area (Å²) < 4.78 is 0. The minimum Gasteiger partial charge on any atom is -0.130 e. The van der Waals surface area contributed by atoms with Crippen LogP contribution in [0.1, 0.15) is 40.0 Å². The lowest BCUT2D eigenvalue weighted by Crippen LogP contribution is -1.98. The fourth-order valence-electron chi connectivity index (χ4n) is 1.22. The Hall–Kier alpha value is -0.480. The number of hydrogen-bond donors (Lipinski definition) is 0. The van der Waals surface area contributed by atoms with Crippen LogP contribution in [0, 0.1) is 5.92 Å². The first-order valence-corrected chi connectivity index (χ1v) is 4.12. The SMILES string of the molecule is C=C=C(C)C(CC)CCC. The van der Waals surface area contributed by atoms with Crippen LogP contribution in [0.15, 0.2) is 17.9 Å². The molecule has 0 aliphatic rings. The number of hydrogen-bond acceptors (Lipinski definition) is 0. The third kappa shape index (κ3) is 2.89. The third-order valence-corrected chi connectivity index (χ3v) is 2.02. The average molecular weight is 138 g/mol. The van der Waals surface area contributed by atoms with Crippen LogP contribution in [0.4, 0.5) is 0 Å². The topological polar surface area (TPSA) is 0 Å². The summed E-state index contributed by atoms with van der Waals surface area (Å²) in [4.78, 5) is 0. The summed E-state index contributed by atoms with van der Waals surface area (Å²) in [6.45, 7) is 10.2. The molecular formula is C10H18. The lowest BCUT2D eigenvalue weighted by molar-refractivity contribution is 0.535. The van der Waals surface area contributed by atoms with Crippen LogP contribution in [-0.4, -0.2) is 0 Å². The molecule has 0 bridgehead atoms. The second-order valence-corrected chi connectivity index (χ2v) is 2.75. The van der Waals surface area contributed by atoms with Crippen molar-refractivity contribution in [1.82, 2.24) is 0 Å². The van der Waals surface area contributed by atoms with Crippen molar-refractivity contribution in [2.45, 2.75) is 40.0 Å². The molecule has 0 aromatic carbocycles. The molecule has 0 heterocycles. The van der Waals surface area contributed by atoms with E-state index in [9.17, 15) is 0 Å². The second kappa shape index (κ2) is 5.32. The van der Waals surface area contributed by atoms with E-state index in [4.69, 9.17) is 0 Å². The normalized spacial score (nSPS) is 12.3. The van der Waals surface area contributed by atoms with Gasteiger partial charge in [-0.1, -0.05) is 26.8 Å². The van der Waals surface area contributed by atoms with Crippen LogP contribution in [0.25, 0.3) is 0 Å². The fraction of sp³-hybridized carbons (Fsp3) is 0.700. The summed E-state index contributed by atoms with van der Waals surface area (Å²) in [7, 11) is 0. The molecule has 0 nitrogen and oxygen atoms in total. The van der Waals surface area contributed by atoms with Crippen molar-refractivity contribution in [2.24, 2.45) is 5.92 Å². The van der Waals surface area contributed by atoms with Crippen LogP contribution in [-0.2, 0) is 0 Å². The van der Waals surface area contributed by atoms with Gasteiger partial charge < -0.3 is 0 Å².